The Labute approximate surface area is 199 Å². The summed E-state index contributed by atoms with van der Waals surface area (Å²) in [6.45, 7) is 9.75. The van der Waals surface area contributed by atoms with Gasteiger partial charge in [0, 0.05) is 17.1 Å². The lowest BCUT2D eigenvalue weighted by Crippen LogP contribution is -2.50. The van der Waals surface area contributed by atoms with Crippen molar-refractivity contribution in [2.45, 2.75) is 59.7 Å². The molecular formula is C25H33BrN2O4. The molecule has 0 radical (unpaired) electrons. The Balaban J connectivity index is 2.21. The molecule has 0 aromatic heterocycles. The first-order valence-corrected chi connectivity index (χ1v) is 11.6. The number of carbonyl (C=O) groups is 2. The zero-order valence-electron chi connectivity index (χ0n) is 19.7. The molecule has 7 heteroatoms. The number of benzene rings is 2. The number of carbonyl (C=O) groups excluding carboxylic acids is 2. The molecule has 0 aliphatic carbocycles. The van der Waals surface area contributed by atoms with Gasteiger partial charge in [-0.2, -0.15) is 0 Å². The van der Waals surface area contributed by atoms with Gasteiger partial charge in [0.2, 0.25) is 5.91 Å². The summed E-state index contributed by atoms with van der Waals surface area (Å²) in [5, 5.41) is 2.96. The summed E-state index contributed by atoms with van der Waals surface area (Å²) in [5.41, 5.74) is 2.93. The summed E-state index contributed by atoms with van der Waals surface area (Å²) >= 11 is 3.54. The first kappa shape index (κ1) is 25.7. The summed E-state index contributed by atoms with van der Waals surface area (Å²) in [5.74, 6) is 0.863. The first-order valence-electron chi connectivity index (χ1n) is 10.8. The third-order valence-corrected chi connectivity index (χ3v) is 6.68. The van der Waals surface area contributed by atoms with Crippen LogP contribution in [0.25, 0.3) is 0 Å². The fraction of sp³-hybridized carbons (Fsp3) is 0.440. The Hall–Kier alpha value is -2.54. The van der Waals surface area contributed by atoms with E-state index in [9.17, 15) is 9.59 Å². The van der Waals surface area contributed by atoms with E-state index in [-0.39, 0.29) is 31.0 Å². The Kier molecular flexibility index (Phi) is 9.57. The summed E-state index contributed by atoms with van der Waals surface area (Å²) in [4.78, 5) is 27.5. The lowest BCUT2D eigenvalue weighted by Gasteiger charge is -2.29. The molecule has 0 aliphatic heterocycles. The first-order chi connectivity index (χ1) is 15.2. The van der Waals surface area contributed by atoms with Gasteiger partial charge < -0.3 is 19.7 Å². The van der Waals surface area contributed by atoms with Crippen molar-refractivity contribution in [3.63, 3.8) is 0 Å². The summed E-state index contributed by atoms with van der Waals surface area (Å²) in [6.07, 6.45) is 0.813. The van der Waals surface area contributed by atoms with Crippen LogP contribution in [0.4, 0.5) is 0 Å². The van der Waals surface area contributed by atoms with Crippen LogP contribution in [0, 0.1) is 13.8 Å². The van der Waals surface area contributed by atoms with E-state index < -0.39 is 6.04 Å². The van der Waals surface area contributed by atoms with Gasteiger partial charge in [0.1, 0.15) is 17.5 Å². The van der Waals surface area contributed by atoms with Gasteiger partial charge in [-0.15, -0.1) is 0 Å². The molecule has 2 aromatic rings. The average molecular weight is 505 g/mol. The number of amides is 2. The van der Waals surface area contributed by atoms with Crippen LogP contribution in [0.3, 0.4) is 0 Å². The van der Waals surface area contributed by atoms with E-state index in [0.29, 0.717) is 11.5 Å². The standard InChI is InChI=1S/C25H33BrN2O4/c1-7-18(4)27-25(30)19(5)28(14-20-9-8-10-21(13-20)31-6)23(29)15-32-22-11-16(2)24(26)17(3)12-22/h8-13,18-19H,7,14-15H2,1-6H3,(H,27,30). The monoisotopic (exact) mass is 504 g/mol. The fourth-order valence-electron chi connectivity index (χ4n) is 3.23. The second kappa shape index (κ2) is 11.9. The molecule has 174 valence electrons. The van der Waals surface area contributed by atoms with Crippen LogP contribution in [-0.2, 0) is 16.1 Å². The molecule has 6 nitrogen and oxygen atoms in total. The van der Waals surface area contributed by atoms with Crippen LogP contribution in [0.2, 0.25) is 0 Å². The number of aryl methyl sites for hydroxylation is 2. The van der Waals surface area contributed by atoms with Crippen molar-refractivity contribution >= 4 is 27.7 Å². The molecule has 0 saturated heterocycles. The Morgan fingerprint density at radius 2 is 1.75 bits per heavy atom. The third-order valence-electron chi connectivity index (χ3n) is 5.43. The molecule has 0 spiro atoms. The molecule has 32 heavy (non-hydrogen) atoms. The molecule has 0 saturated carbocycles. The van der Waals surface area contributed by atoms with Crippen molar-refractivity contribution in [1.82, 2.24) is 10.2 Å². The van der Waals surface area contributed by atoms with E-state index in [2.05, 4.69) is 21.2 Å². The lowest BCUT2D eigenvalue weighted by molar-refractivity contribution is -0.142. The molecule has 1 N–H and O–H groups in total. The van der Waals surface area contributed by atoms with E-state index in [1.807, 2.05) is 64.1 Å². The van der Waals surface area contributed by atoms with Crippen LogP contribution < -0.4 is 14.8 Å². The van der Waals surface area contributed by atoms with Crippen LogP contribution in [-0.4, -0.2) is 42.5 Å². The van der Waals surface area contributed by atoms with Crippen molar-refractivity contribution in [2.75, 3.05) is 13.7 Å². The van der Waals surface area contributed by atoms with Crippen LogP contribution >= 0.6 is 15.9 Å². The molecule has 0 bridgehead atoms. The van der Waals surface area contributed by atoms with Gasteiger partial charge in [-0.1, -0.05) is 35.0 Å². The number of hydrogen-bond acceptors (Lipinski definition) is 4. The highest BCUT2D eigenvalue weighted by Gasteiger charge is 2.27. The largest absolute Gasteiger partial charge is 0.497 e. The predicted octanol–water partition coefficient (Wildman–Crippen LogP) is 4.79. The number of halogens is 1. The minimum atomic E-state index is -0.653. The molecule has 2 unspecified atom stereocenters. The molecule has 2 amide bonds. The van der Waals surface area contributed by atoms with Gasteiger partial charge in [0.05, 0.1) is 7.11 Å². The molecule has 2 atom stereocenters. The average Bonchev–Trinajstić information content (AvgIpc) is 2.78. The maximum absolute atomic E-state index is 13.2. The van der Waals surface area contributed by atoms with Crippen molar-refractivity contribution in [3.05, 3.63) is 57.6 Å². The van der Waals surface area contributed by atoms with Gasteiger partial charge in [-0.3, -0.25) is 9.59 Å². The number of rotatable bonds is 10. The van der Waals surface area contributed by atoms with Crippen molar-refractivity contribution in [3.8, 4) is 11.5 Å². The number of nitrogens with zero attached hydrogens (tertiary/aromatic N) is 1. The summed E-state index contributed by atoms with van der Waals surface area (Å²) in [7, 11) is 1.60. The van der Waals surface area contributed by atoms with Crippen LogP contribution in [0.15, 0.2) is 40.9 Å². The minimum Gasteiger partial charge on any atom is -0.497 e. The maximum Gasteiger partial charge on any atom is 0.261 e. The SMILES string of the molecule is CCC(C)NC(=O)C(C)N(Cc1cccc(OC)c1)C(=O)COc1cc(C)c(Br)c(C)c1. The molecule has 2 aromatic carbocycles. The minimum absolute atomic E-state index is 0.0312. The quantitative estimate of drug-likeness (QED) is 0.505. The van der Waals surface area contributed by atoms with Crippen molar-refractivity contribution in [2.24, 2.45) is 0 Å². The van der Waals surface area contributed by atoms with E-state index in [4.69, 9.17) is 9.47 Å². The molecular weight excluding hydrogens is 472 g/mol. The molecule has 0 aliphatic rings. The van der Waals surface area contributed by atoms with Crippen molar-refractivity contribution in [1.29, 1.82) is 0 Å². The summed E-state index contributed by atoms with van der Waals surface area (Å²) < 4.78 is 12.1. The normalized spacial score (nSPS) is 12.6. The Morgan fingerprint density at radius 1 is 1.09 bits per heavy atom. The summed E-state index contributed by atoms with van der Waals surface area (Å²) in [6, 6.07) is 10.6. The van der Waals surface area contributed by atoms with Crippen LogP contribution in [0.1, 0.15) is 43.9 Å². The van der Waals surface area contributed by atoms with Gasteiger partial charge in [0.15, 0.2) is 6.61 Å². The van der Waals surface area contributed by atoms with E-state index >= 15 is 0 Å². The highest BCUT2D eigenvalue weighted by Crippen LogP contribution is 2.26. The van der Waals surface area contributed by atoms with Gasteiger partial charge in [0.25, 0.3) is 5.91 Å². The molecule has 2 rings (SSSR count). The Morgan fingerprint density at radius 3 is 2.34 bits per heavy atom. The fourth-order valence-corrected chi connectivity index (χ4v) is 3.46. The van der Waals surface area contributed by atoms with E-state index in [1.54, 1.807) is 18.9 Å². The smallest absolute Gasteiger partial charge is 0.261 e. The third kappa shape index (κ3) is 6.99. The number of methoxy groups -OCH3 is 1. The Bertz CT molecular complexity index is 924. The lowest BCUT2D eigenvalue weighted by atomic mass is 10.1. The highest BCUT2D eigenvalue weighted by atomic mass is 79.9. The van der Waals surface area contributed by atoms with E-state index in [0.717, 1.165) is 27.6 Å². The van der Waals surface area contributed by atoms with Gasteiger partial charge in [-0.05, 0) is 75.1 Å². The zero-order chi connectivity index (χ0) is 23.8. The van der Waals surface area contributed by atoms with Crippen molar-refractivity contribution < 1.29 is 19.1 Å². The molecule has 0 fully saturated rings. The second-order valence-corrected chi connectivity index (χ2v) is 8.82. The van der Waals surface area contributed by atoms with E-state index in [1.165, 1.54) is 0 Å². The maximum atomic E-state index is 13.2. The van der Waals surface area contributed by atoms with Crippen LogP contribution in [0.5, 0.6) is 11.5 Å². The number of nitrogens with one attached hydrogen (secondary N) is 1. The topological polar surface area (TPSA) is 67.9 Å². The zero-order valence-corrected chi connectivity index (χ0v) is 21.3. The predicted molar refractivity (Wildman–Crippen MR) is 130 cm³/mol. The number of hydrogen-bond donors (Lipinski definition) is 1. The number of ether oxygens (including phenoxy) is 2. The van der Waals surface area contributed by atoms with Gasteiger partial charge >= 0.3 is 0 Å². The molecule has 0 heterocycles. The highest BCUT2D eigenvalue weighted by molar-refractivity contribution is 9.10. The van der Waals surface area contributed by atoms with Gasteiger partial charge in [-0.25, -0.2) is 0 Å². The second-order valence-electron chi connectivity index (χ2n) is 8.03.